The van der Waals surface area contributed by atoms with Gasteiger partial charge in [0.15, 0.2) is 12.4 Å². The monoisotopic (exact) mass is 1150 g/mol. The molecule has 0 aromatic carbocycles. The highest BCUT2D eigenvalue weighted by Crippen LogP contribution is 2.14. The molecule has 0 saturated heterocycles. The van der Waals surface area contributed by atoms with E-state index in [1.807, 2.05) is 21.1 Å². The maximum atomic E-state index is 12.9. The van der Waals surface area contributed by atoms with Crippen molar-refractivity contribution < 1.29 is 42.9 Å². The minimum atomic E-state index is -1.64. The lowest BCUT2D eigenvalue weighted by molar-refractivity contribution is -0.870. The molecule has 466 valence electrons. The second kappa shape index (κ2) is 62.7. The number of rotatable bonds is 57. The van der Waals surface area contributed by atoms with E-state index < -0.39 is 24.3 Å². The quantitative estimate of drug-likeness (QED) is 0.0195. The zero-order valence-electron chi connectivity index (χ0n) is 53.0. The fourth-order valence-electron chi connectivity index (χ4n) is 8.08. The van der Waals surface area contributed by atoms with Crippen LogP contribution in [-0.4, -0.2) is 82.3 Å². The van der Waals surface area contributed by atoms with E-state index in [1.54, 1.807) is 0 Å². The molecule has 0 heterocycles. The van der Waals surface area contributed by atoms with Gasteiger partial charge in [-0.15, -0.1) is 0 Å². The Balaban J connectivity index is 4.31. The third-order valence-corrected chi connectivity index (χ3v) is 13.0. The van der Waals surface area contributed by atoms with Crippen LogP contribution < -0.4 is 5.11 Å². The van der Waals surface area contributed by atoms with Gasteiger partial charge in [-0.05, 0) is 128 Å². The van der Waals surface area contributed by atoms with Crippen molar-refractivity contribution in [2.75, 3.05) is 47.5 Å². The van der Waals surface area contributed by atoms with Crippen molar-refractivity contribution in [3.05, 3.63) is 170 Å². The first-order valence-corrected chi connectivity index (χ1v) is 32.3. The number of esters is 2. The van der Waals surface area contributed by atoms with Gasteiger partial charge in [0.2, 0.25) is 0 Å². The van der Waals surface area contributed by atoms with E-state index in [9.17, 15) is 19.5 Å². The molecule has 0 radical (unpaired) electrons. The highest BCUT2D eigenvalue weighted by atomic mass is 16.7. The highest BCUT2D eigenvalue weighted by molar-refractivity contribution is 5.70. The minimum absolute atomic E-state index is 0.131. The number of allylic oxidation sites excluding steroid dienone is 28. The molecule has 0 N–H and O–H groups in total. The SMILES string of the molecule is CC/C=C\C/C=C\C/C=C\C/C=C\C/C=C\C/C=C\C/C=C\C/C=C\CCCCCCC(=O)OC(COC(=O)CCCCCCCCCCCC/C=C\C/C=C\C/C=C\C/C=C\C/C=C\C/C=C\CC)COC(OCC[N+](C)(C)C)C(=O)[O-]. The summed E-state index contributed by atoms with van der Waals surface area (Å²) in [6.07, 6.45) is 91.2. The molecule has 0 bridgehead atoms. The lowest BCUT2D eigenvalue weighted by Gasteiger charge is -2.26. The summed E-state index contributed by atoms with van der Waals surface area (Å²) in [4.78, 5) is 37.4. The minimum Gasteiger partial charge on any atom is -0.545 e. The van der Waals surface area contributed by atoms with E-state index in [2.05, 4.69) is 184 Å². The molecular formula is C74H117NO8. The third kappa shape index (κ3) is 64.1. The van der Waals surface area contributed by atoms with Gasteiger partial charge in [-0.1, -0.05) is 248 Å². The van der Waals surface area contributed by atoms with Crippen LogP contribution in [0.15, 0.2) is 170 Å². The zero-order valence-corrected chi connectivity index (χ0v) is 53.0. The van der Waals surface area contributed by atoms with E-state index in [0.29, 0.717) is 17.4 Å². The number of carbonyl (C=O) groups is 3. The molecule has 0 amide bonds. The molecule has 0 aromatic heterocycles. The molecule has 0 aliphatic carbocycles. The highest BCUT2D eigenvalue weighted by Gasteiger charge is 2.22. The van der Waals surface area contributed by atoms with Gasteiger partial charge < -0.3 is 33.3 Å². The number of quaternary nitrogens is 1. The van der Waals surface area contributed by atoms with Crippen LogP contribution in [0.3, 0.4) is 0 Å². The first kappa shape index (κ1) is 77.7. The van der Waals surface area contributed by atoms with Crippen LogP contribution >= 0.6 is 0 Å². The van der Waals surface area contributed by atoms with E-state index in [0.717, 1.165) is 148 Å². The van der Waals surface area contributed by atoms with Crippen LogP contribution in [0.4, 0.5) is 0 Å². The third-order valence-electron chi connectivity index (χ3n) is 13.0. The van der Waals surface area contributed by atoms with Crippen LogP contribution in [0, 0.1) is 0 Å². The number of carbonyl (C=O) groups excluding carboxylic acids is 3. The first-order valence-electron chi connectivity index (χ1n) is 32.3. The summed E-state index contributed by atoms with van der Waals surface area (Å²) in [6, 6.07) is 0. The fourth-order valence-corrected chi connectivity index (χ4v) is 8.08. The van der Waals surface area contributed by atoms with Crippen molar-refractivity contribution in [3.8, 4) is 0 Å². The number of hydrogen-bond donors (Lipinski definition) is 0. The molecule has 0 saturated carbocycles. The van der Waals surface area contributed by atoms with Crippen LogP contribution in [0.1, 0.15) is 219 Å². The Morgan fingerprint density at radius 2 is 0.651 bits per heavy atom. The van der Waals surface area contributed by atoms with Crippen molar-refractivity contribution in [2.24, 2.45) is 0 Å². The Morgan fingerprint density at radius 3 is 0.964 bits per heavy atom. The molecule has 0 rings (SSSR count). The normalized spacial score (nSPS) is 13.9. The molecule has 2 unspecified atom stereocenters. The summed E-state index contributed by atoms with van der Waals surface area (Å²) in [5.41, 5.74) is 0. The number of carboxylic acids is 1. The zero-order chi connectivity index (χ0) is 60.5. The van der Waals surface area contributed by atoms with Gasteiger partial charge >= 0.3 is 11.9 Å². The molecule has 0 spiro atoms. The summed E-state index contributed by atoms with van der Waals surface area (Å²) in [5.74, 6) is -2.34. The molecule has 9 heteroatoms. The summed E-state index contributed by atoms with van der Waals surface area (Å²) in [5, 5.41) is 11.8. The molecule has 0 aromatic rings. The molecule has 9 nitrogen and oxygen atoms in total. The molecule has 2 atom stereocenters. The van der Waals surface area contributed by atoms with Gasteiger partial charge in [-0.2, -0.15) is 0 Å². The van der Waals surface area contributed by atoms with Crippen LogP contribution in [0.5, 0.6) is 0 Å². The summed E-state index contributed by atoms with van der Waals surface area (Å²) < 4.78 is 22.7. The number of carboxylic acid groups (broad SMARTS) is 1. The van der Waals surface area contributed by atoms with Crippen molar-refractivity contribution in [2.45, 2.75) is 232 Å². The van der Waals surface area contributed by atoms with Gasteiger partial charge in [-0.25, -0.2) is 0 Å². The summed E-state index contributed by atoms with van der Waals surface area (Å²) in [6.45, 7) is 4.46. The van der Waals surface area contributed by atoms with E-state index in [4.69, 9.17) is 18.9 Å². The van der Waals surface area contributed by atoms with Crippen molar-refractivity contribution >= 4 is 17.9 Å². The summed E-state index contributed by atoms with van der Waals surface area (Å²) >= 11 is 0. The lowest BCUT2D eigenvalue weighted by Crippen LogP contribution is -2.44. The largest absolute Gasteiger partial charge is 0.545 e. The molecule has 0 aliphatic heterocycles. The maximum Gasteiger partial charge on any atom is 0.306 e. The number of ether oxygens (including phenoxy) is 4. The number of unbranched alkanes of at least 4 members (excludes halogenated alkanes) is 14. The maximum absolute atomic E-state index is 12.9. The Hall–Kier alpha value is -5.35. The van der Waals surface area contributed by atoms with Gasteiger partial charge in [0.05, 0.1) is 40.3 Å². The van der Waals surface area contributed by atoms with Crippen molar-refractivity contribution in [3.63, 3.8) is 0 Å². The molecular weight excluding hydrogens is 1030 g/mol. The number of hydrogen-bond acceptors (Lipinski definition) is 8. The van der Waals surface area contributed by atoms with Gasteiger partial charge in [0.25, 0.3) is 0 Å². The van der Waals surface area contributed by atoms with E-state index >= 15 is 0 Å². The van der Waals surface area contributed by atoms with Crippen molar-refractivity contribution in [1.29, 1.82) is 0 Å². The Kier molecular flexibility index (Phi) is 58.6. The smallest absolute Gasteiger partial charge is 0.306 e. The average Bonchev–Trinajstić information content (AvgIpc) is 3.46. The number of aliphatic carboxylic acids is 1. The first-order chi connectivity index (χ1) is 40.6. The molecule has 0 fully saturated rings. The van der Waals surface area contributed by atoms with Crippen LogP contribution in [-0.2, 0) is 33.3 Å². The average molecular weight is 1150 g/mol. The summed E-state index contributed by atoms with van der Waals surface area (Å²) in [7, 11) is 5.90. The predicted molar refractivity (Wildman–Crippen MR) is 351 cm³/mol. The number of nitrogens with zero attached hydrogens (tertiary/aromatic N) is 1. The van der Waals surface area contributed by atoms with E-state index in [1.165, 1.54) is 38.5 Å². The van der Waals surface area contributed by atoms with Crippen LogP contribution in [0.2, 0.25) is 0 Å². The Labute approximate surface area is 507 Å². The number of likely N-dealkylation sites (N-methyl/N-ethyl adjacent to an activating group) is 1. The molecule has 83 heavy (non-hydrogen) atoms. The van der Waals surface area contributed by atoms with Gasteiger partial charge in [0, 0.05) is 12.8 Å². The van der Waals surface area contributed by atoms with Gasteiger partial charge in [-0.3, -0.25) is 9.59 Å². The predicted octanol–water partition coefficient (Wildman–Crippen LogP) is 18.6. The van der Waals surface area contributed by atoms with Crippen molar-refractivity contribution in [1.82, 2.24) is 0 Å². The second-order valence-corrected chi connectivity index (χ2v) is 21.9. The Morgan fingerprint density at radius 1 is 0.361 bits per heavy atom. The Bertz CT molecular complexity index is 1960. The molecule has 0 aliphatic rings. The second-order valence-electron chi connectivity index (χ2n) is 21.9. The standard InChI is InChI=1S/C74H117NO8/c1-6-8-10-12-14-16-18-20-22-24-26-28-30-32-34-36-38-40-42-44-46-48-50-52-54-56-58-60-62-64-71(76)81-68-70(69-82-74(73(78)79)80-67-66-75(3,4)5)83-72(77)65-63-61-59-57-55-53-51-49-47-45-43-41-39-37-35-33-31-29-27-25-23-21-19-17-15-13-11-9-7-2/h8-11,14-17,20-23,26-29,32-35,38-41,45,47,51,53,70,74H,6-7,12-13,18-19,24-25,30-31,36-37,42-44,46,48-50,52,54-69H2,1-5H3/b10-8-,11-9-,16-14-,17-15-,22-20-,23-21-,28-26-,29-27-,34-32-,35-33-,40-38-,41-39-,47-45-,53-51-. The van der Waals surface area contributed by atoms with Gasteiger partial charge in [0.1, 0.15) is 13.2 Å². The van der Waals surface area contributed by atoms with Crippen LogP contribution in [0.25, 0.3) is 0 Å². The van der Waals surface area contributed by atoms with E-state index in [-0.39, 0.29) is 38.6 Å². The topological polar surface area (TPSA) is 111 Å². The lowest BCUT2D eigenvalue weighted by atomic mass is 10.1. The fraction of sp³-hybridized carbons (Fsp3) is 0.581.